The molecule has 0 aromatic heterocycles. The van der Waals surface area contributed by atoms with Gasteiger partial charge >= 0.3 is 0 Å². The van der Waals surface area contributed by atoms with Gasteiger partial charge in [0.15, 0.2) is 0 Å². The second-order valence-corrected chi connectivity index (χ2v) is 7.69. The van der Waals surface area contributed by atoms with Crippen molar-refractivity contribution in [3.63, 3.8) is 0 Å². The van der Waals surface area contributed by atoms with E-state index >= 15 is 0 Å². The number of ether oxygens (including phenoxy) is 1. The fourth-order valence-corrected chi connectivity index (χ4v) is 3.69. The van der Waals surface area contributed by atoms with E-state index in [1.807, 2.05) is 54.6 Å². The summed E-state index contributed by atoms with van der Waals surface area (Å²) in [4.78, 5) is 6.51. The Bertz CT molecular complexity index is 989. The predicted molar refractivity (Wildman–Crippen MR) is 125 cm³/mol. The van der Waals surface area contributed by atoms with Gasteiger partial charge in [0, 0.05) is 24.2 Å². The summed E-state index contributed by atoms with van der Waals surface area (Å²) in [7, 11) is 1.64. The highest BCUT2D eigenvalue weighted by molar-refractivity contribution is 6.31. The molecule has 4 nitrogen and oxygen atoms in total. The average molecular weight is 423 g/mol. The lowest BCUT2D eigenvalue weighted by Crippen LogP contribution is -2.27. The molecule has 0 aliphatic heterocycles. The highest BCUT2D eigenvalue weighted by Gasteiger charge is 2.18. The van der Waals surface area contributed by atoms with Crippen LogP contribution in [-0.2, 0) is 13.2 Å². The molecule has 0 saturated carbocycles. The third kappa shape index (κ3) is 5.21. The van der Waals surface area contributed by atoms with Crippen LogP contribution in [0.3, 0.4) is 0 Å². The van der Waals surface area contributed by atoms with E-state index in [1.165, 1.54) is 5.56 Å². The smallest absolute Gasteiger partial charge is 0.121 e. The summed E-state index contributed by atoms with van der Waals surface area (Å²) in [5.74, 6) is 0.992. The van der Waals surface area contributed by atoms with Crippen LogP contribution in [0.4, 0.5) is 11.4 Å². The summed E-state index contributed by atoms with van der Waals surface area (Å²) in [6, 6.07) is 21.8. The van der Waals surface area contributed by atoms with Crippen LogP contribution in [0.25, 0.3) is 0 Å². The van der Waals surface area contributed by atoms with E-state index in [1.54, 1.807) is 7.11 Å². The number of hydrogen-bond donors (Lipinski definition) is 1. The Morgan fingerprint density at radius 2 is 1.83 bits per heavy atom. The molecule has 0 saturated heterocycles. The lowest BCUT2D eigenvalue weighted by molar-refractivity contribution is 0.282. The summed E-state index contributed by atoms with van der Waals surface area (Å²) < 4.78 is 5.35. The lowest BCUT2D eigenvalue weighted by atomic mass is 9.98. The predicted octanol–water partition coefficient (Wildman–Crippen LogP) is 5.98. The van der Waals surface area contributed by atoms with E-state index in [0.29, 0.717) is 6.54 Å². The van der Waals surface area contributed by atoms with Crippen LogP contribution in [0.15, 0.2) is 71.7 Å². The zero-order chi connectivity index (χ0) is 21.5. The summed E-state index contributed by atoms with van der Waals surface area (Å²) in [6.45, 7) is 7.40. The summed E-state index contributed by atoms with van der Waals surface area (Å²) in [6.07, 6.45) is 0. The van der Waals surface area contributed by atoms with Crippen molar-refractivity contribution in [2.24, 2.45) is 4.99 Å². The molecule has 0 spiro atoms. The SMILES string of the molecule is C=Nc1cc(OC)ccc1N(Cc1ccccc1Cl)CC(C)c1ccc(CO)cc1. The first-order valence-corrected chi connectivity index (χ1v) is 10.3. The van der Waals surface area contributed by atoms with Crippen LogP contribution in [0, 0.1) is 0 Å². The van der Waals surface area contributed by atoms with Crippen molar-refractivity contribution in [3.05, 3.63) is 88.4 Å². The van der Waals surface area contributed by atoms with E-state index in [4.69, 9.17) is 16.3 Å². The number of anilines is 1. The van der Waals surface area contributed by atoms with E-state index < -0.39 is 0 Å². The van der Waals surface area contributed by atoms with Gasteiger partial charge in [-0.15, -0.1) is 0 Å². The molecule has 1 unspecified atom stereocenters. The molecule has 0 fully saturated rings. The van der Waals surface area contributed by atoms with Crippen LogP contribution in [0.2, 0.25) is 5.02 Å². The third-order valence-corrected chi connectivity index (χ3v) is 5.61. The lowest BCUT2D eigenvalue weighted by Gasteiger charge is -2.30. The maximum Gasteiger partial charge on any atom is 0.121 e. The quantitative estimate of drug-likeness (QED) is 0.431. The number of hydrogen-bond acceptors (Lipinski definition) is 4. The van der Waals surface area contributed by atoms with Crippen LogP contribution < -0.4 is 9.64 Å². The van der Waals surface area contributed by atoms with Gasteiger partial charge in [0.2, 0.25) is 0 Å². The average Bonchev–Trinajstić information content (AvgIpc) is 2.79. The number of aliphatic hydroxyl groups excluding tert-OH is 1. The molecular weight excluding hydrogens is 396 g/mol. The van der Waals surface area contributed by atoms with Gasteiger partial charge in [-0.3, -0.25) is 4.99 Å². The summed E-state index contributed by atoms with van der Waals surface area (Å²) >= 11 is 6.46. The fourth-order valence-electron chi connectivity index (χ4n) is 3.49. The first-order valence-electron chi connectivity index (χ1n) is 9.88. The number of aliphatic imine (C=N–C) groups is 1. The number of aliphatic hydroxyl groups is 1. The molecule has 0 heterocycles. The zero-order valence-corrected chi connectivity index (χ0v) is 18.1. The number of halogens is 1. The van der Waals surface area contributed by atoms with E-state index in [2.05, 4.69) is 35.7 Å². The van der Waals surface area contributed by atoms with Crippen molar-refractivity contribution in [2.75, 3.05) is 18.6 Å². The van der Waals surface area contributed by atoms with E-state index in [9.17, 15) is 5.11 Å². The first kappa shape index (κ1) is 21.9. The Morgan fingerprint density at radius 1 is 1.10 bits per heavy atom. The molecule has 5 heteroatoms. The Hall–Kier alpha value is -2.82. The fraction of sp³-hybridized carbons (Fsp3) is 0.240. The molecular formula is C25H27ClN2O2. The Morgan fingerprint density at radius 3 is 2.47 bits per heavy atom. The van der Waals surface area contributed by atoms with E-state index in [0.717, 1.165) is 39.8 Å². The van der Waals surface area contributed by atoms with Gasteiger partial charge in [-0.1, -0.05) is 61.0 Å². The number of rotatable bonds is 9. The van der Waals surface area contributed by atoms with Gasteiger partial charge in [0.1, 0.15) is 5.75 Å². The van der Waals surface area contributed by atoms with E-state index in [-0.39, 0.29) is 12.5 Å². The Labute approximate surface area is 183 Å². The maximum atomic E-state index is 9.30. The molecule has 30 heavy (non-hydrogen) atoms. The molecule has 0 aliphatic carbocycles. The number of nitrogens with zero attached hydrogens (tertiary/aromatic N) is 2. The molecule has 3 rings (SSSR count). The normalized spacial score (nSPS) is 11.7. The summed E-state index contributed by atoms with van der Waals surface area (Å²) in [5.41, 5.74) is 4.91. The van der Waals surface area contributed by atoms with Gasteiger partial charge in [-0.2, -0.15) is 0 Å². The first-order chi connectivity index (χ1) is 14.5. The monoisotopic (exact) mass is 422 g/mol. The van der Waals surface area contributed by atoms with Crippen LogP contribution in [0.1, 0.15) is 29.5 Å². The highest BCUT2D eigenvalue weighted by atomic mass is 35.5. The second kappa shape index (κ2) is 10.3. The molecule has 0 amide bonds. The van der Waals surface area contributed by atoms with Gasteiger partial charge in [0.25, 0.3) is 0 Å². The Balaban J connectivity index is 1.94. The van der Waals surface area contributed by atoms with Gasteiger partial charge in [-0.05, 0) is 47.5 Å². The number of benzene rings is 3. The van der Waals surface area contributed by atoms with Gasteiger partial charge in [-0.25, -0.2) is 0 Å². The van der Waals surface area contributed by atoms with Crippen LogP contribution in [0.5, 0.6) is 5.75 Å². The van der Waals surface area contributed by atoms with Gasteiger partial charge in [0.05, 0.1) is 25.1 Å². The van der Waals surface area contributed by atoms with Crippen LogP contribution >= 0.6 is 11.6 Å². The number of methoxy groups -OCH3 is 1. The molecule has 1 N–H and O–H groups in total. The van der Waals surface area contributed by atoms with Crippen molar-refractivity contribution >= 4 is 29.7 Å². The maximum absolute atomic E-state index is 9.30. The minimum absolute atomic E-state index is 0.0491. The van der Waals surface area contributed by atoms with Crippen molar-refractivity contribution < 1.29 is 9.84 Å². The molecule has 156 valence electrons. The van der Waals surface area contributed by atoms with Crippen molar-refractivity contribution in [1.82, 2.24) is 0 Å². The van der Waals surface area contributed by atoms with Crippen molar-refractivity contribution in [2.45, 2.75) is 26.0 Å². The molecule has 0 radical (unpaired) electrons. The highest BCUT2D eigenvalue weighted by Crippen LogP contribution is 2.35. The molecule has 0 bridgehead atoms. The molecule has 3 aromatic carbocycles. The van der Waals surface area contributed by atoms with Crippen LogP contribution in [-0.4, -0.2) is 25.5 Å². The molecule has 3 aromatic rings. The zero-order valence-electron chi connectivity index (χ0n) is 17.4. The second-order valence-electron chi connectivity index (χ2n) is 7.29. The van der Waals surface area contributed by atoms with Crippen molar-refractivity contribution in [1.29, 1.82) is 0 Å². The third-order valence-electron chi connectivity index (χ3n) is 5.24. The minimum Gasteiger partial charge on any atom is -0.497 e. The summed E-state index contributed by atoms with van der Waals surface area (Å²) in [5, 5.41) is 10.0. The van der Waals surface area contributed by atoms with Gasteiger partial charge < -0.3 is 14.7 Å². The van der Waals surface area contributed by atoms with Crippen molar-refractivity contribution in [3.8, 4) is 5.75 Å². The topological polar surface area (TPSA) is 45.1 Å². The Kier molecular flexibility index (Phi) is 7.50. The molecule has 1 atom stereocenters. The molecule has 0 aliphatic rings. The standard InChI is InChI=1S/C25H27ClN2O2/c1-18(20-10-8-19(17-29)9-11-20)15-28(16-21-6-4-5-7-23(21)26)25-13-12-22(30-3)14-24(25)27-2/h4-14,18,29H,2,15-17H2,1,3H3. The largest absolute Gasteiger partial charge is 0.497 e. The minimum atomic E-state index is 0.0491.